The van der Waals surface area contributed by atoms with Gasteiger partial charge in [0.15, 0.2) is 16.7 Å². The zero-order valence-corrected chi connectivity index (χ0v) is 16.1. The number of aromatic nitrogens is 3. The minimum Gasteiger partial charge on any atom is -0.496 e. The summed E-state index contributed by atoms with van der Waals surface area (Å²) in [5.41, 5.74) is 2.55. The summed E-state index contributed by atoms with van der Waals surface area (Å²) in [7, 11) is 1.58. The Kier molecular flexibility index (Phi) is 4.50. The van der Waals surface area contributed by atoms with E-state index in [1.807, 2.05) is 6.92 Å². The number of ether oxygens (including phenoxy) is 3. The van der Waals surface area contributed by atoms with Crippen molar-refractivity contribution in [2.24, 2.45) is 0 Å². The Labute approximate surface area is 166 Å². The number of aromatic amines is 1. The number of hydrogen-bond donors (Lipinski definition) is 1. The van der Waals surface area contributed by atoms with Gasteiger partial charge in [-0.1, -0.05) is 11.8 Å². The van der Waals surface area contributed by atoms with Crippen molar-refractivity contribution in [3.05, 3.63) is 35.7 Å². The molecule has 1 unspecified atom stereocenters. The van der Waals surface area contributed by atoms with Gasteiger partial charge in [-0.15, -0.1) is 0 Å². The van der Waals surface area contributed by atoms with Gasteiger partial charge in [-0.3, -0.25) is 4.98 Å². The number of methoxy groups -OCH3 is 1. The molecule has 1 aromatic carbocycles. The van der Waals surface area contributed by atoms with E-state index in [-0.39, 0.29) is 11.5 Å². The first-order valence-corrected chi connectivity index (χ1v) is 9.35. The van der Waals surface area contributed by atoms with Crippen LogP contribution in [0.25, 0.3) is 11.0 Å². The number of nitrogens with one attached hydrogen (secondary N) is 1. The number of alkyl halides is 4. The molecule has 0 fully saturated rings. The van der Waals surface area contributed by atoms with Gasteiger partial charge in [0, 0.05) is 29.6 Å². The Hall–Kier alpha value is -2.33. The maximum absolute atomic E-state index is 13.8. The summed E-state index contributed by atoms with van der Waals surface area (Å²) in [5.74, 6) is 0.637. The molecule has 2 aromatic heterocycles. The minimum absolute atomic E-state index is 0.260. The predicted molar refractivity (Wildman–Crippen MR) is 97.1 cm³/mol. The van der Waals surface area contributed by atoms with Crippen LogP contribution >= 0.6 is 23.4 Å². The fourth-order valence-electron chi connectivity index (χ4n) is 2.68. The molecular weight excluding hydrogens is 419 g/mol. The predicted octanol–water partition coefficient (Wildman–Crippen LogP) is 4.79. The van der Waals surface area contributed by atoms with Crippen LogP contribution in [0.5, 0.6) is 17.2 Å². The Morgan fingerprint density at radius 3 is 2.75 bits per heavy atom. The van der Waals surface area contributed by atoms with Gasteiger partial charge < -0.3 is 19.2 Å². The van der Waals surface area contributed by atoms with Gasteiger partial charge in [0.2, 0.25) is 0 Å². The highest BCUT2D eigenvalue weighted by atomic mass is 35.5. The van der Waals surface area contributed by atoms with Crippen molar-refractivity contribution < 1.29 is 27.4 Å². The minimum atomic E-state index is -4.33. The highest BCUT2D eigenvalue weighted by molar-refractivity contribution is 7.98. The van der Waals surface area contributed by atoms with Crippen LogP contribution < -0.4 is 14.2 Å². The molecule has 0 spiro atoms. The number of rotatable bonds is 4. The number of imidazole rings is 1. The van der Waals surface area contributed by atoms with E-state index >= 15 is 0 Å². The average Bonchev–Trinajstić information content (AvgIpc) is 3.01. The summed E-state index contributed by atoms with van der Waals surface area (Å²) in [6.45, 7) is 1.90. The van der Waals surface area contributed by atoms with Crippen LogP contribution in [-0.2, 0) is 5.75 Å². The third-order valence-corrected chi connectivity index (χ3v) is 5.35. The van der Waals surface area contributed by atoms with Crippen molar-refractivity contribution in [3.63, 3.8) is 0 Å². The fourth-order valence-corrected chi connectivity index (χ4v) is 3.71. The maximum atomic E-state index is 13.8. The number of thioether (sulfide) groups is 1. The second-order valence-electron chi connectivity index (χ2n) is 5.97. The molecule has 1 N–H and O–H groups in total. The van der Waals surface area contributed by atoms with Crippen LogP contribution in [0, 0.1) is 6.92 Å². The lowest BCUT2D eigenvalue weighted by molar-refractivity contribution is -0.303. The van der Waals surface area contributed by atoms with Crippen molar-refractivity contribution in [3.8, 4) is 17.2 Å². The molecule has 1 aliphatic heterocycles. The SMILES string of the molecule is COc1ccnc(CSc2nc3cc4c(cc3[nH]2)OC(F)(F)C(F)(Cl)O4)c1C. The summed E-state index contributed by atoms with van der Waals surface area (Å²) in [6.07, 6.45) is -2.68. The number of hydrogen-bond acceptors (Lipinski definition) is 6. The van der Waals surface area contributed by atoms with Crippen LogP contribution in [-0.4, -0.2) is 33.5 Å². The molecule has 28 heavy (non-hydrogen) atoms. The fraction of sp³-hybridized carbons (Fsp3) is 0.294. The van der Waals surface area contributed by atoms with Gasteiger partial charge in [0.25, 0.3) is 0 Å². The van der Waals surface area contributed by atoms with Crippen LogP contribution in [0.15, 0.2) is 29.6 Å². The first-order chi connectivity index (χ1) is 13.2. The number of H-pyrrole nitrogens is 1. The van der Waals surface area contributed by atoms with Crippen molar-refractivity contribution in [2.75, 3.05) is 7.11 Å². The molecule has 148 valence electrons. The quantitative estimate of drug-likeness (QED) is 0.473. The zero-order valence-electron chi connectivity index (χ0n) is 14.6. The number of benzene rings is 1. The molecule has 0 aliphatic carbocycles. The van der Waals surface area contributed by atoms with Crippen molar-refractivity contribution in [1.82, 2.24) is 15.0 Å². The summed E-state index contributed by atoms with van der Waals surface area (Å²) in [5, 5.41) is -3.28. The Morgan fingerprint density at radius 2 is 2.00 bits per heavy atom. The summed E-state index contributed by atoms with van der Waals surface area (Å²) in [4.78, 5) is 11.7. The van der Waals surface area contributed by atoms with Crippen molar-refractivity contribution in [1.29, 1.82) is 0 Å². The van der Waals surface area contributed by atoms with Crippen LogP contribution in [0.2, 0.25) is 0 Å². The third kappa shape index (κ3) is 3.20. The molecule has 3 heterocycles. The second-order valence-corrected chi connectivity index (χ2v) is 7.42. The van der Waals surface area contributed by atoms with Gasteiger partial charge in [-0.2, -0.15) is 13.2 Å². The molecule has 0 radical (unpaired) electrons. The second kappa shape index (κ2) is 6.63. The Balaban J connectivity index is 1.60. The van der Waals surface area contributed by atoms with Crippen molar-refractivity contribution in [2.45, 2.75) is 29.3 Å². The molecule has 0 saturated heterocycles. The molecule has 6 nitrogen and oxygen atoms in total. The van der Waals surface area contributed by atoms with Gasteiger partial charge >= 0.3 is 11.4 Å². The molecule has 0 amide bonds. The largest absolute Gasteiger partial charge is 0.496 e. The van der Waals surface area contributed by atoms with E-state index in [2.05, 4.69) is 24.4 Å². The normalized spacial score (nSPS) is 20.4. The summed E-state index contributed by atoms with van der Waals surface area (Å²) >= 11 is 6.45. The van der Waals surface area contributed by atoms with E-state index in [1.165, 1.54) is 23.9 Å². The van der Waals surface area contributed by atoms with Gasteiger partial charge in [0.05, 0.1) is 23.8 Å². The van der Waals surface area contributed by atoms with E-state index in [9.17, 15) is 13.2 Å². The highest BCUT2D eigenvalue weighted by Crippen LogP contribution is 2.49. The third-order valence-electron chi connectivity index (χ3n) is 4.17. The van der Waals surface area contributed by atoms with Crippen LogP contribution in [0.1, 0.15) is 11.3 Å². The lowest BCUT2D eigenvalue weighted by Gasteiger charge is -2.33. The maximum Gasteiger partial charge on any atom is 0.488 e. The molecule has 1 atom stereocenters. The molecule has 0 bridgehead atoms. The van der Waals surface area contributed by atoms with Crippen molar-refractivity contribution >= 4 is 34.4 Å². The van der Waals surface area contributed by atoms with E-state index < -0.39 is 11.4 Å². The number of nitrogens with zero attached hydrogens (tertiary/aromatic N) is 2. The smallest absolute Gasteiger partial charge is 0.488 e. The van der Waals surface area contributed by atoms with E-state index in [1.54, 1.807) is 19.4 Å². The van der Waals surface area contributed by atoms with Gasteiger partial charge in [0.1, 0.15) is 5.75 Å². The summed E-state index contributed by atoms with van der Waals surface area (Å²) < 4.78 is 55.1. The summed E-state index contributed by atoms with van der Waals surface area (Å²) in [6, 6.07) is 4.32. The van der Waals surface area contributed by atoms with Gasteiger partial charge in [-0.25, -0.2) is 4.98 Å². The number of halogens is 4. The first-order valence-electron chi connectivity index (χ1n) is 7.99. The van der Waals surface area contributed by atoms with E-state index in [0.717, 1.165) is 17.0 Å². The molecule has 3 aromatic rings. The molecular formula is C17H13ClF3N3O3S. The Bertz CT molecular complexity index is 1010. The van der Waals surface area contributed by atoms with Crippen LogP contribution in [0.4, 0.5) is 13.2 Å². The van der Waals surface area contributed by atoms with E-state index in [0.29, 0.717) is 21.9 Å². The van der Waals surface area contributed by atoms with E-state index in [4.69, 9.17) is 16.3 Å². The monoisotopic (exact) mass is 431 g/mol. The average molecular weight is 432 g/mol. The standard InChI is InChI=1S/C17H13ClF3N3O3S/c1-8-11(22-4-3-12(8)25-2)7-28-15-23-9-5-13-14(6-10(9)24-15)27-17(20,21)16(18,19)26-13/h3-6H,7H2,1-2H3,(H,23,24). The lowest BCUT2D eigenvalue weighted by Crippen LogP contribution is -2.51. The number of fused-ring (bicyclic) bond motifs is 2. The molecule has 4 rings (SSSR count). The first kappa shape index (κ1) is 19.0. The van der Waals surface area contributed by atoms with Gasteiger partial charge in [-0.05, 0) is 24.6 Å². The molecule has 0 saturated carbocycles. The number of pyridine rings is 1. The zero-order chi connectivity index (χ0) is 20.1. The highest BCUT2D eigenvalue weighted by Gasteiger charge is 2.63. The molecule has 11 heteroatoms. The topological polar surface area (TPSA) is 69.3 Å². The van der Waals surface area contributed by atoms with Crippen LogP contribution in [0.3, 0.4) is 0 Å². The lowest BCUT2D eigenvalue weighted by atomic mass is 10.2. The molecule has 1 aliphatic rings. The Morgan fingerprint density at radius 1 is 1.25 bits per heavy atom.